The molecule has 0 aliphatic rings. The quantitative estimate of drug-likeness (QED) is 0.900. The van der Waals surface area contributed by atoms with Gasteiger partial charge in [-0.25, -0.2) is 0 Å². The van der Waals surface area contributed by atoms with Crippen LogP contribution in [0.2, 0.25) is 0 Å². The highest BCUT2D eigenvalue weighted by Crippen LogP contribution is 2.19. The molecule has 0 aliphatic heterocycles. The number of carbonyl (C=O) groups is 2. The molecule has 0 unspecified atom stereocenters. The van der Waals surface area contributed by atoms with Crippen LogP contribution in [-0.4, -0.2) is 17.9 Å². The fourth-order valence-corrected chi connectivity index (χ4v) is 1.62. The van der Waals surface area contributed by atoms with Crippen LogP contribution in [0.5, 0.6) is 0 Å². The maximum Gasteiger partial charge on any atom is 0.307 e. The van der Waals surface area contributed by atoms with Gasteiger partial charge in [0.15, 0.2) is 0 Å². The molecule has 0 atom stereocenters. The highest BCUT2D eigenvalue weighted by molar-refractivity contribution is 5.71. The van der Waals surface area contributed by atoms with Crippen LogP contribution in [0.25, 0.3) is 11.1 Å². The second kappa shape index (κ2) is 7.01. The second-order valence-corrected chi connectivity index (χ2v) is 3.63. The van der Waals surface area contributed by atoms with Crippen molar-refractivity contribution in [1.29, 1.82) is 0 Å². The third-order valence-electron chi connectivity index (χ3n) is 2.42. The number of benzene rings is 2. The van der Waals surface area contributed by atoms with E-state index in [0.717, 1.165) is 16.7 Å². The van der Waals surface area contributed by atoms with Crippen LogP contribution in [0.15, 0.2) is 54.6 Å². The summed E-state index contributed by atoms with van der Waals surface area (Å²) in [6.07, 6.45) is 0.0784. The Hall–Kier alpha value is -2.42. The van der Waals surface area contributed by atoms with Crippen molar-refractivity contribution in [1.82, 2.24) is 0 Å². The predicted octanol–water partition coefficient (Wildman–Crippen LogP) is 2.80. The van der Waals surface area contributed by atoms with Gasteiger partial charge in [0, 0.05) is 0 Å². The molecule has 0 aliphatic carbocycles. The van der Waals surface area contributed by atoms with Crippen molar-refractivity contribution < 1.29 is 14.7 Å². The zero-order chi connectivity index (χ0) is 13.4. The van der Waals surface area contributed by atoms with Crippen LogP contribution in [0.3, 0.4) is 0 Å². The van der Waals surface area contributed by atoms with Crippen molar-refractivity contribution in [2.45, 2.75) is 6.42 Å². The molecule has 0 bridgehead atoms. The molecule has 2 rings (SSSR count). The zero-order valence-electron chi connectivity index (χ0n) is 9.87. The molecule has 0 heterocycles. The van der Waals surface area contributed by atoms with Gasteiger partial charge in [0.05, 0.1) is 6.42 Å². The molecule has 0 amide bonds. The van der Waals surface area contributed by atoms with E-state index in [9.17, 15) is 4.79 Å². The van der Waals surface area contributed by atoms with Crippen molar-refractivity contribution in [3.63, 3.8) is 0 Å². The van der Waals surface area contributed by atoms with Gasteiger partial charge in [-0.05, 0) is 16.7 Å². The lowest BCUT2D eigenvalue weighted by Crippen LogP contribution is -1.99. The second-order valence-electron chi connectivity index (χ2n) is 3.63. The maximum absolute atomic E-state index is 10.5. The highest BCUT2D eigenvalue weighted by atomic mass is 16.4. The lowest BCUT2D eigenvalue weighted by atomic mass is 10.0. The maximum atomic E-state index is 10.5. The predicted molar refractivity (Wildman–Crippen MR) is 70.3 cm³/mol. The smallest absolute Gasteiger partial charge is 0.307 e. The Morgan fingerprint density at radius 2 is 1.39 bits per heavy atom. The molecule has 92 valence electrons. The topological polar surface area (TPSA) is 54.4 Å². The van der Waals surface area contributed by atoms with Gasteiger partial charge >= 0.3 is 5.97 Å². The number of carbonyl (C=O) groups excluding carboxylic acids is 1. The molecule has 0 radical (unpaired) electrons. The van der Waals surface area contributed by atoms with E-state index in [-0.39, 0.29) is 6.42 Å². The van der Waals surface area contributed by atoms with E-state index in [1.54, 1.807) is 0 Å². The number of aliphatic carboxylic acids is 1. The molecule has 2 aromatic rings. The molecular weight excluding hydrogens is 228 g/mol. The third-order valence-corrected chi connectivity index (χ3v) is 2.42. The van der Waals surface area contributed by atoms with Gasteiger partial charge in [0.1, 0.15) is 6.79 Å². The molecule has 0 saturated heterocycles. The molecule has 18 heavy (non-hydrogen) atoms. The van der Waals surface area contributed by atoms with E-state index >= 15 is 0 Å². The van der Waals surface area contributed by atoms with Crippen LogP contribution in [0.4, 0.5) is 0 Å². The normalized spacial score (nSPS) is 9.11. The first-order chi connectivity index (χ1) is 8.75. The van der Waals surface area contributed by atoms with Crippen molar-refractivity contribution in [2.75, 3.05) is 0 Å². The monoisotopic (exact) mass is 242 g/mol. The minimum atomic E-state index is -0.799. The lowest BCUT2D eigenvalue weighted by molar-refractivity contribution is -0.136. The molecule has 3 heteroatoms. The Labute approximate surface area is 106 Å². The molecule has 0 spiro atoms. The van der Waals surface area contributed by atoms with Gasteiger partial charge in [-0.1, -0.05) is 54.6 Å². The molecule has 3 nitrogen and oxygen atoms in total. The summed E-state index contributed by atoms with van der Waals surface area (Å²) in [4.78, 5) is 18.5. The van der Waals surface area contributed by atoms with E-state index in [0.29, 0.717) is 0 Å². The minimum Gasteiger partial charge on any atom is -0.481 e. The molecule has 0 fully saturated rings. The molecule has 1 N–H and O–H groups in total. The van der Waals surface area contributed by atoms with Gasteiger partial charge in [0.25, 0.3) is 0 Å². The Balaban J connectivity index is 0.000000771. The Morgan fingerprint density at radius 1 is 0.889 bits per heavy atom. The number of hydrogen-bond acceptors (Lipinski definition) is 2. The van der Waals surface area contributed by atoms with Gasteiger partial charge in [-0.2, -0.15) is 0 Å². The summed E-state index contributed by atoms with van der Waals surface area (Å²) in [5.41, 5.74) is 3.08. The summed E-state index contributed by atoms with van der Waals surface area (Å²) in [5, 5.41) is 8.65. The number of hydrogen-bond donors (Lipinski definition) is 1. The summed E-state index contributed by atoms with van der Waals surface area (Å²) >= 11 is 0. The zero-order valence-corrected chi connectivity index (χ0v) is 9.87. The standard InChI is InChI=1S/C14H12O2.CH2O/c15-14(16)10-11-6-8-13(9-7-11)12-4-2-1-3-5-12;1-2/h1-9H,10H2,(H,15,16);1H2. The average Bonchev–Trinajstić information content (AvgIpc) is 2.42. The summed E-state index contributed by atoms with van der Waals surface area (Å²) in [5.74, 6) is -0.799. The summed E-state index contributed by atoms with van der Waals surface area (Å²) < 4.78 is 0. The first kappa shape index (κ1) is 13.6. The summed E-state index contributed by atoms with van der Waals surface area (Å²) in [7, 11) is 0. The van der Waals surface area contributed by atoms with E-state index < -0.39 is 5.97 Å². The first-order valence-electron chi connectivity index (χ1n) is 5.41. The van der Waals surface area contributed by atoms with E-state index in [4.69, 9.17) is 9.90 Å². The van der Waals surface area contributed by atoms with E-state index in [1.165, 1.54) is 0 Å². The Bertz CT molecular complexity index is 489. The van der Waals surface area contributed by atoms with Gasteiger partial charge in [-0.3, -0.25) is 4.79 Å². The van der Waals surface area contributed by atoms with Gasteiger partial charge in [0.2, 0.25) is 0 Å². The van der Waals surface area contributed by atoms with Crippen LogP contribution >= 0.6 is 0 Å². The SMILES string of the molecule is C=O.O=C(O)Cc1ccc(-c2ccccc2)cc1. The van der Waals surface area contributed by atoms with Crippen LogP contribution in [0.1, 0.15) is 5.56 Å². The van der Waals surface area contributed by atoms with Gasteiger partial charge in [-0.15, -0.1) is 0 Å². The number of rotatable bonds is 3. The number of carboxylic acids is 1. The molecule has 2 aromatic carbocycles. The molecule has 0 aromatic heterocycles. The average molecular weight is 242 g/mol. The third kappa shape index (κ3) is 3.87. The van der Waals surface area contributed by atoms with Crippen molar-refractivity contribution in [3.05, 3.63) is 60.2 Å². The Kier molecular flexibility index (Phi) is 5.32. The highest BCUT2D eigenvalue weighted by Gasteiger charge is 2.01. The fraction of sp³-hybridized carbons (Fsp3) is 0.0667. The first-order valence-corrected chi connectivity index (χ1v) is 5.41. The lowest BCUT2D eigenvalue weighted by Gasteiger charge is -2.02. The summed E-state index contributed by atoms with van der Waals surface area (Å²) in [6, 6.07) is 17.6. The minimum absolute atomic E-state index is 0.0784. The van der Waals surface area contributed by atoms with E-state index in [1.807, 2.05) is 61.4 Å². The van der Waals surface area contributed by atoms with E-state index in [2.05, 4.69) is 0 Å². The van der Waals surface area contributed by atoms with Crippen LogP contribution in [-0.2, 0) is 16.0 Å². The fourth-order valence-electron chi connectivity index (χ4n) is 1.62. The Morgan fingerprint density at radius 3 is 1.89 bits per heavy atom. The van der Waals surface area contributed by atoms with Gasteiger partial charge < -0.3 is 9.90 Å². The van der Waals surface area contributed by atoms with Crippen LogP contribution in [0, 0.1) is 0 Å². The molecule has 0 saturated carbocycles. The molecular formula is C15H14O3. The largest absolute Gasteiger partial charge is 0.481 e. The number of carboxylic acid groups (broad SMARTS) is 1. The van der Waals surface area contributed by atoms with Crippen molar-refractivity contribution >= 4 is 12.8 Å². The van der Waals surface area contributed by atoms with Crippen LogP contribution < -0.4 is 0 Å². The van der Waals surface area contributed by atoms with Crippen molar-refractivity contribution in [2.24, 2.45) is 0 Å². The van der Waals surface area contributed by atoms with Crippen molar-refractivity contribution in [3.8, 4) is 11.1 Å². The summed E-state index contributed by atoms with van der Waals surface area (Å²) in [6.45, 7) is 2.00.